The quantitative estimate of drug-likeness (QED) is 0.515. The Morgan fingerprint density at radius 1 is 1.25 bits per heavy atom. The first-order chi connectivity index (χ1) is 14.9. The highest BCUT2D eigenvalue weighted by atomic mass is 19.3. The van der Waals surface area contributed by atoms with Gasteiger partial charge in [-0.2, -0.15) is 8.78 Å². The molecule has 3 rings (SSSR count). The van der Waals surface area contributed by atoms with E-state index >= 15 is 0 Å². The van der Waals surface area contributed by atoms with Crippen molar-refractivity contribution >= 4 is 17.4 Å². The van der Waals surface area contributed by atoms with Crippen molar-refractivity contribution in [2.24, 2.45) is 0 Å². The maximum absolute atomic E-state index is 14.9. The van der Waals surface area contributed by atoms with E-state index in [-0.39, 0.29) is 24.2 Å². The molecular weight excluding hydrogens is 427 g/mol. The normalized spacial score (nSPS) is 23.9. The van der Waals surface area contributed by atoms with Crippen molar-refractivity contribution in [2.75, 3.05) is 13.1 Å². The van der Waals surface area contributed by atoms with Crippen LogP contribution >= 0.6 is 0 Å². The molecule has 0 saturated heterocycles. The summed E-state index contributed by atoms with van der Waals surface area (Å²) in [5.41, 5.74) is -1.83. The van der Waals surface area contributed by atoms with Crippen LogP contribution in [0.2, 0.25) is 0 Å². The molecular formula is C22H28F3N3O4. The predicted molar refractivity (Wildman–Crippen MR) is 113 cm³/mol. The number of hydrogen-bond acceptors (Lipinski definition) is 5. The molecule has 2 aliphatic rings. The van der Waals surface area contributed by atoms with Crippen LogP contribution in [0.4, 0.5) is 23.7 Å². The van der Waals surface area contributed by atoms with Gasteiger partial charge in [0.15, 0.2) is 0 Å². The first-order valence-corrected chi connectivity index (χ1v) is 10.6. The van der Waals surface area contributed by atoms with Crippen molar-refractivity contribution in [2.45, 2.75) is 70.1 Å². The van der Waals surface area contributed by atoms with Crippen molar-refractivity contribution in [3.63, 3.8) is 0 Å². The molecule has 176 valence electrons. The van der Waals surface area contributed by atoms with Crippen LogP contribution in [-0.2, 0) is 4.74 Å². The summed E-state index contributed by atoms with van der Waals surface area (Å²) in [6.45, 7) is 5.03. The number of benzene rings is 1. The molecule has 1 saturated carbocycles. The van der Waals surface area contributed by atoms with Gasteiger partial charge < -0.3 is 10.1 Å². The zero-order valence-electron chi connectivity index (χ0n) is 18.4. The standard InChI is InChI=1S/C22H28F3N3O4/c1-21(2,3)32-20(29)26-14-4-6-15(7-5-14)27-11-10-18(22(24,25)13-27)17-9-8-16(28(30)31)12-19(17)23/h8-10,12,14-15H,4-7,11,13H2,1-3H3,(H,26,29). The summed E-state index contributed by atoms with van der Waals surface area (Å²) >= 11 is 0. The molecule has 1 N–H and O–H groups in total. The van der Waals surface area contributed by atoms with Gasteiger partial charge in [0.2, 0.25) is 0 Å². The molecule has 0 atom stereocenters. The molecule has 1 heterocycles. The van der Waals surface area contributed by atoms with Crippen LogP contribution in [0.25, 0.3) is 5.57 Å². The van der Waals surface area contributed by atoms with Gasteiger partial charge in [-0.25, -0.2) is 9.18 Å². The van der Waals surface area contributed by atoms with E-state index in [4.69, 9.17) is 4.74 Å². The second-order valence-electron chi connectivity index (χ2n) is 9.32. The monoisotopic (exact) mass is 455 g/mol. The van der Waals surface area contributed by atoms with E-state index in [1.54, 1.807) is 25.7 Å². The van der Waals surface area contributed by atoms with Crippen LogP contribution in [0, 0.1) is 15.9 Å². The maximum atomic E-state index is 14.9. The van der Waals surface area contributed by atoms with E-state index in [9.17, 15) is 28.1 Å². The first kappa shape index (κ1) is 24.0. The maximum Gasteiger partial charge on any atom is 0.407 e. The Kier molecular flexibility index (Phi) is 6.83. The zero-order chi connectivity index (χ0) is 23.7. The van der Waals surface area contributed by atoms with Gasteiger partial charge >= 0.3 is 6.09 Å². The Morgan fingerprint density at radius 3 is 2.44 bits per heavy atom. The minimum Gasteiger partial charge on any atom is -0.444 e. The van der Waals surface area contributed by atoms with Crippen LogP contribution in [0.3, 0.4) is 0 Å². The Morgan fingerprint density at radius 2 is 1.91 bits per heavy atom. The summed E-state index contributed by atoms with van der Waals surface area (Å²) in [6.07, 6.45) is 3.41. The third-order valence-corrected chi connectivity index (χ3v) is 5.71. The number of non-ortho nitro benzene ring substituents is 1. The highest BCUT2D eigenvalue weighted by Crippen LogP contribution is 2.39. The van der Waals surface area contributed by atoms with E-state index < -0.39 is 46.2 Å². The zero-order valence-corrected chi connectivity index (χ0v) is 18.4. The van der Waals surface area contributed by atoms with E-state index in [0.29, 0.717) is 31.7 Å². The number of alkyl halides is 2. The number of hydrogen-bond donors (Lipinski definition) is 1. The fraction of sp³-hybridized carbons (Fsp3) is 0.591. The molecule has 32 heavy (non-hydrogen) atoms. The number of halogens is 3. The Bertz CT molecular complexity index is 906. The topological polar surface area (TPSA) is 84.7 Å². The Balaban J connectivity index is 1.62. The van der Waals surface area contributed by atoms with Gasteiger partial charge in [-0.05, 0) is 52.5 Å². The molecule has 1 aromatic carbocycles. The summed E-state index contributed by atoms with van der Waals surface area (Å²) < 4.78 is 49.4. The van der Waals surface area contributed by atoms with Crippen LogP contribution in [0.1, 0.15) is 52.0 Å². The van der Waals surface area contributed by atoms with E-state index in [1.807, 2.05) is 0 Å². The predicted octanol–water partition coefficient (Wildman–Crippen LogP) is 4.90. The summed E-state index contributed by atoms with van der Waals surface area (Å²) in [5.74, 6) is -4.33. The van der Waals surface area contributed by atoms with Gasteiger partial charge in [-0.3, -0.25) is 15.0 Å². The molecule has 7 nitrogen and oxygen atoms in total. The number of ether oxygens (including phenoxy) is 1. The number of rotatable bonds is 4. The molecule has 0 aromatic heterocycles. The van der Waals surface area contributed by atoms with Gasteiger partial charge in [0.1, 0.15) is 11.4 Å². The highest BCUT2D eigenvalue weighted by Gasteiger charge is 2.43. The van der Waals surface area contributed by atoms with Crippen LogP contribution in [0.15, 0.2) is 24.3 Å². The highest BCUT2D eigenvalue weighted by molar-refractivity contribution is 5.73. The molecule has 1 aliphatic heterocycles. The summed E-state index contributed by atoms with van der Waals surface area (Å²) in [7, 11) is 0. The van der Waals surface area contributed by atoms with Crippen molar-refractivity contribution in [3.05, 3.63) is 45.8 Å². The van der Waals surface area contributed by atoms with Crippen LogP contribution in [0.5, 0.6) is 0 Å². The summed E-state index contributed by atoms with van der Waals surface area (Å²) in [4.78, 5) is 23.6. The van der Waals surface area contributed by atoms with Crippen molar-refractivity contribution in [1.82, 2.24) is 10.2 Å². The second kappa shape index (κ2) is 9.09. The molecule has 0 spiro atoms. The van der Waals surface area contributed by atoms with Crippen molar-refractivity contribution < 1.29 is 27.6 Å². The third-order valence-electron chi connectivity index (χ3n) is 5.71. The van der Waals surface area contributed by atoms with Gasteiger partial charge in [0.05, 0.1) is 17.5 Å². The average Bonchev–Trinajstić information content (AvgIpc) is 2.66. The molecule has 1 fully saturated rings. The molecule has 0 unspecified atom stereocenters. The lowest BCUT2D eigenvalue weighted by atomic mass is 9.88. The molecule has 0 radical (unpaired) electrons. The number of nitrogens with one attached hydrogen (secondary N) is 1. The fourth-order valence-electron chi connectivity index (χ4n) is 4.24. The van der Waals surface area contributed by atoms with Crippen LogP contribution in [-0.4, -0.2) is 52.6 Å². The smallest absolute Gasteiger partial charge is 0.407 e. The first-order valence-electron chi connectivity index (χ1n) is 10.6. The van der Waals surface area contributed by atoms with Gasteiger partial charge in [0.25, 0.3) is 11.6 Å². The summed E-state index contributed by atoms with van der Waals surface area (Å²) in [5, 5.41) is 13.6. The number of carbonyl (C=O) groups is 1. The second-order valence-corrected chi connectivity index (χ2v) is 9.32. The van der Waals surface area contributed by atoms with Gasteiger partial charge in [0, 0.05) is 35.8 Å². The summed E-state index contributed by atoms with van der Waals surface area (Å²) in [6, 6.07) is 2.60. The number of carbonyl (C=O) groups excluding carboxylic acids is 1. The molecule has 0 bridgehead atoms. The SMILES string of the molecule is CC(C)(C)OC(=O)NC1CCC(N2CC=C(c3ccc([N+](=O)[O-])cc3F)C(F)(F)C2)CC1. The fourth-order valence-corrected chi connectivity index (χ4v) is 4.24. The number of nitrogens with zero attached hydrogens (tertiary/aromatic N) is 2. The lowest BCUT2D eigenvalue weighted by Crippen LogP contribution is -2.50. The molecule has 10 heteroatoms. The van der Waals surface area contributed by atoms with Gasteiger partial charge in [-0.1, -0.05) is 6.08 Å². The number of amides is 1. The van der Waals surface area contributed by atoms with E-state index in [2.05, 4.69) is 5.32 Å². The molecule has 1 amide bonds. The van der Waals surface area contributed by atoms with E-state index in [1.165, 1.54) is 6.08 Å². The number of alkyl carbamates (subject to hydrolysis) is 1. The Labute approximate surface area is 184 Å². The third kappa shape index (κ3) is 5.79. The largest absolute Gasteiger partial charge is 0.444 e. The lowest BCUT2D eigenvalue weighted by molar-refractivity contribution is -0.385. The lowest BCUT2D eigenvalue weighted by Gasteiger charge is -2.41. The minimum atomic E-state index is -3.29. The van der Waals surface area contributed by atoms with Crippen molar-refractivity contribution in [3.8, 4) is 0 Å². The number of nitro benzene ring substituents is 1. The Hall–Kier alpha value is -2.62. The molecule has 1 aliphatic carbocycles. The van der Waals surface area contributed by atoms with E-state index in [0.717, 1.165) is 12.1 Å². The van der Waals surface area contributed by atoms with Crippen molar-refractivity contribution in [1.29, 1.82) is 0 Å². The van der Waals surface area contributed by atoms with Crippen LogP contribution < -0.4 is 5.32 Å². The number of nitro groups is 1. The average molecular weight is 455 g/mol. The minimum absolute atomic E-state index is 0.0632. The van der Waals surface area contributed by atoms with Gasteiger partial charge in [-0.15, -0.1) is 0 Å². The molecule has 1 aromatic rings.